The zero-order valence-electron chi connectivity index (χ0n) is 10.5. The molecule has 1 aliphatic rings. The summed E-state index contributed by atoms with van der Waals surface area (Å²) in [5, 5.41) is 8.92. The van der Waals surface area contributed by atoms with E-state index in [1.807, 2.05) is 0 Å². The number of nitrogens with zero attached hydrogens (tertiary/aromatic N) is 1. The van der Waals surface area contributed by atoms with Gasteiger partial charge in [-0.05, 0) is 20.8 Å². The van der Waals surface area contributed by atoms with E-state index in [-0.39, 0.29) is 31.4 Å². The summed E-state index contributed by atoms with van der Waals surface area (Å²) < 4.78 is 5.12. The highest BCUT2D eigenvalue weighted by Gasteiger charge is 2.38. The van der Waals surface area contributed by atoms with Crippen molar-refractivity contribution in [2.24, 2.45) is 11.7 Å². The van der Waals surface area contributed by atoms with Crippen LogP contribution in [0.5, 0.6) is 0 Å². The smallest absolute Gasteiger partial charge is 0.417 e. The molecule has 0 aromatic rings. The monoisotopic (exact) mass is 244 g/mol. The van der Waals surface area contributed by atoms with Crippen LogP contribution < -0.4 is 5.73 Å². The van der Waals surface area contributed by atoms with Crippen molar-refractivity contribution in [3.8, 4) is 0 Å². The maximum Gasteiger partial charge on any atom is 0.417 e. The van der Waals surface area contributed by atoms with Crippen molar-refractivity contribution < 1.29 is 19.4 Å². The molecule has 0 aliphatic carbocycles. The van der Waals surface area contributed by atoms with Gasteiger partial charge in [-0.15, -0.1) is 0 Å². The van der Waals surface area contributed by atoms with Crippen LogP contribution in [0, 0.1) is 5.92 Å². The van der Waals surface area contributed by atoms with Crippen LogP contribution in [0.25, 0.3) is 0 Å². The lowest BCUT2D eigenvalue weighted by molar-refractivity contribution is -0.127. The summed E-state index contributed by atoms with van der Waals surface area (Å²) in [7, 11) is 0. The molecule has 98 valence electrons. The maximum atomic E-state index is 11.7. The first-order valence-electron chi connectivity index (χ1n) is 5.64. The molecular formula is C11H20N2O4. The van der Waals surface area contributed by atoms with Gasteiger partial charge in [0.05, 0.1) is 6.61 Å². The van der Waals surface area contributed by atoms with Crippen LogP contribution in [-0.2, 0) is 9.53 Å². The highest BCUT2D eigenvalue weighted by Crippen LogP contribution is 2.22. The second kappa shape index (κ2) is 5.01. The molecule has 1 saturated heterocycles. The molecule has 0 aromatic carbocycles. The minimum atomic E-state index is -0.643. The van der Waals surface area contributed by atoms with E-state index in [9.17, 15) is 9.59 Å². The summed E-state index contributed by atoms with van der Waals surface area (Å²) in [5.74, 6) is -0.492. The number of imide groups is 1. The van der Waals surface area contributed by atoms with Gasteiger partial charge in [0.2, 0.25) is 5.91 Å². The third-order valence-corrected chi connectivity index (χ3v) is 2.59. The molecule has 1 fully saturated rings. The first-order valence-corrected chi connectivity index (χ1v) is 5.64. The van der Waals surface area contributed by atoms with Crippen molar-refractivity contribution in [1.29, 1.82) is 0 Å². The molecule has 0 aromatic heterocycles. The predicted octanol–water partition coefficient (Wildman–Crippen LogP) is 0.0896. The van der Waals surface area contributed by atoms with E-state index in [0.717, 1.165) is 4.90 Å². The fraction of sp³-hybridized carbons (Fsp3) is 0.818. The molecule has 6 nitrogen and oxygen atoms in total. The molecule has 0 spiro atoms. The minimum Gasteiger partial charge on any atom is -0.443 e. The summed E-state index contributed by atoms with van der Waals surface area (Å²) in [6, 6.07) is -0.480. The van der Waals surface area contributed by atoms with Crippen molar-refractivity contribution >= 4 is 12.0 Å². The highest BCUT2D eigenvalue weighted by atomic mass is 16.6. The van der Waals surface area contributed by atoms with Gasteiger partial charge in [0.1, 0.15) is 5.60 Å². The molecule has 0 radical (unpaired) electrons. The van der Waals surface area contributed by atoms with Gasteiger partial charge in [-0.2, -0.15) is 0 Å². The van der Waals surface area contributed by atoms with Gasteiger partial charge in [-0.3, -0.25) is 4.79 Å². The molecule has 0 bridgehead atoms. The Hall–Kier alpha value is -1.14. The number of ether oxygens (including phenoxy) is 1. The Morgan fingerprint density at radius 2 is 2.24 bits per heavy atom. The van der Waals surface area contributed by atoms with E-state index in [1.165, 1.54) is 0 Å². The predicted molar refractivity (Wildman–Crippen MR) is 61.1 cm³/mol. The molecule has 6 heteroatoms. The lowest BCUT2D eigenvalue weighted by Gasteiger charge is -2.23. The van der Waals surface area contributed by atoms with Gasteiger partial charge in [0, 0.05) is 24.9 Å². The topological polar surface area (TPSA) is 92.9 Å². The quantitative estimate of drug-likeness (QED) is 0.718. The molecule has 0 unspecified atom stereocenters. The number of amides is 2. The first-order chi connectivity index (χ1) is 7.74. The van der Waals surface area contributed by atoms with Crippen LogP contribution in [0.1, 0.15) is 27.2 Å². The fourth-order valence-corrected chi connectivity index (χ4v) is 1.66. The van der Waals surface area contributed by atoms with Gasteiger partial charge in [-0.25, -0.2) is 9.69 Å². The summed E-state index contributed by atoms with van der Waals surface area (Å²) in [4.78, 5) is 24.4. The highest BCUT2D eigenvalue weighted by molar-refractivity contribution is 5.93. The Morgan fingerprint density at radius 3 is 2.71 bits per heavy atom. The van der Waals surface area contributed by atoms with Crippen molar-refractivity contribution in [2.75, 3.05) is 13.2 Å². The lowest BCUT2D eigenvalue weighted by atomic mass is 10.0. The summed E-state index contributed by atoms with van der Waals surface area (Å²) in [6.07, 6.45) is -0.462. The van der Waals surface area contributed by atoms with Crippen molar-refractivity contribution in [3.05, 3.63) is 0 Å². The van der Waals surface area contributed by atoms with E-state index < -0.39 is 17.7 Å². The molecule has 17 heavy (non-hydrogen) atoms. The van der Waals surface area contributed by atoms with Gasteiger partial charge in [-0.1, -0.05) is 0 Å². The Balaban J connectivity index is 2.62. The van der Waals surface area contributed by atoms with Gasteiger partial charge < -0.3 is 15.6 Å². The Labute approximate surface area is 101 Å². The van der Waals surface area contributed by atoms with E-state index in [1.54, 1.807) is 20.8 Å². The maximum absolute atomic E-state index is 11.7. The molecule has 1 aliphatic heterocycles. The van der Waals surface area contributed by atoms with E-state index >= 15 is 0 Å². The lowest BCUT2D eigenvalue weighted by Crippen LogP contribution is -2.40. The largest absolute Gasteiger partial charge is 0.443 e. The number of aliphatic hydroxyl groups excluding tert-OH is 1. The van der Waals surface area contributed by atoms with Crippen LogP contribution in [0.15, 0.2) is 0 Å². The van der Waals surface area contributed by atoms with E-state index in [0.29, 0.717) is 0 Å². The third kappa shape index (κ3) is 3.67. The summed E-state index contributed by atoms with van der Waals surface area (Å²) in [5.41, 5.74) is 5.02. The second-order valence-electron chi connectivity index (χ2n) is 5.30. The van der Waals surface area contributed by atoms with E-state index in [2.05, 4.69) is 0 Å². The van der Waals surface area contributed by atoms with Crippen LogP contribution in [0.4, 0.5) is 4.79 Å². The number of aliphatic hydroxyl groups is 1. The number of hydrogen-bond donors (Lipinski definition) is 2. The zero-order valence-corrected chi connectivity index (χ0v) is 10.5. The number of likely N-dealkylation sites (tertiary alicyclic amines) is 1. The molecule has 0 saturated carbocycles. The first kappa shape index (κ1) is 13.9. The van der Waals surface area contributed by atoms with Crippen molar-refractivity contribution in [3.63, 3.8) is 0 Å². The fourth-order valence-electron chi connectivity index (χ4n) is 1.66. The number of carbonyl (C=O) groups is 2. The normalized spacial score (nSPS) is 22.8. The Bertz CT molecular complexity index is 311. The molecule has 3 N–H and O–H groups in total. The molecule has 2 atom stereocenters. The third-order valence-electron chi connectivity index (χ3n) is 2.59. The van der Waals surface area contributed by atoms with Gasteiger partial charge in [0.15, 0.2) is 0 Å². The van der Waals surface area contributed by atoms with Crippen LogP contribution in [0.3, 0.4) is 0 Å². The second-order valence-corrected chi connectivity index (χ2v) is 5.30. The zero-order chi connectivity index (χ0) is 13.2. The number of rotatable bonds is 2. The van der Waals surface area contributed by atoms with Crippen LogP contribution in [0.2, 0.25) is 0 Å². The van der Waals surface area contributed by atoms with E-state index in [4.69, 9.17) is 15.6 Å². The van der Waals surface area contributed by atoms with Gasteiger partial charge in [0.25, 0.3) is 0 Å². The molecule has 1 rings (SSSR count). The molecule has 2 amide bonds. The number of nitrogens with two attached hydrogens (primary N) is 1. The SMILES string of the molecule is CC(C)(C)OC(=O)N1C[C@H]([C@H](N)CO)CC1=O. The van der Waals surface area contributed by atoms with Crippen molar-refractivity contribution in [1.82, 2.24) is 4.90 Å². The molecular weight excluding hydrogens is 224 g/mol. The number of hydrogen-bond acceptors (Lipinski definition) is 5. The van der Waals surface area contributed by atoms with Crippen LogP contribution >= 0.6 is 0 Å². The van der Waals surface area contributed by atoms with Gasteiger partial charge >= 0.3 is 6.09 Å². The van der Waals surface area contributed by atoms with Crippen LogP contribution in [-0.4, -0.2) is 46.8 Å². The average Bonchev–Trinajstić information content (AvgIpc) is 2.56. The molecule has 1 heterocycles. The standard InChI is InChI=1S/C11H20N2O4/c1-11(2,3)17-10(16)13-5-7(4-9(13)15)8(12)6-14/h7-8,14H,4-6,12H2,1-3H3/t7-,8-/m1/s1. The Morgan fingerprint density at radius 1 is 1.65 bits per heavy atom. The van der Waals surface area contributed by atoms with Crippen molar-refractivity contribution in [2.45, 2.75) is 38.8 Å². The summed E-state index contributed by atoms with van der Waals surface area (Å²) in [6.45, 7) is 5.24. The Kier molecular flexibility index (Phi) is 4.11. The minimum absolute atomic E-state index is 0.182. The summed E-state index contributed by atoms with van der Waals surface area (Å²) >= 11 is 0. The number of carbonyl (C=O) groups excluding carboxylic acids is 2. The average molecular weight is 244 g/mol.